The molecule has 0 bridgehead atoms. The number of halogens is 2. The first kappa shape index (κ1) is 28.7. The second-order valence-electron chi connectivity index (χ2n) is 9.15. The van der Waals surface area contributed by atoms with Crippen LogP contribution in [0, 0.1) is 0 Å². The fourth-order valence-corrected chi connectivity index (χ4v) is 4.59. The monoisotopic (exact) mass is 543 g/mol. The van der Waals surface area contributed by atoms with Gasteiger partial charge in [-0.1, -0.05) is 35.3 Å². The molecular formula is C24H31Cl2N3O5S. The molecule has 1 N–H and O–H groups in total. The van der Waals surface area contributed by atoms with Crippen molar-refractivity contribution in [3.63, 3.8) is 0 Å². The van der Waals surface area contributed by atoms with E-state index in [1.165, 1.54) is 30.2 Å². The van der Waals surface area contributed by atoms with Crippen molar-refractivity contribution in [3.05, 3.63) is 58.1 Å². The van der Waals surface area contributed by atoms with Gasteiger partial charge in [0.1, 0.15) is 18.3 Å². The summed E-state index contributed by atoms with van der Waals surface area (Å²) in [6, 6.07) is 10.5. The highest BCUT2D eigenvalue weighted by Gasteiger charge is 2.32. The molecule has 2 amide bonds. The number of benzene rings is 2. The average molecular weight is 545 g/mol. The van der Waals surface area contributed by atoms with Gasteiger partial charge >= 0.3 is 0 Å². The standard InChI is InChI=1S/C24H31Cl2N3O5S/c1-16(23(31)27-24(2,3)4)28(14-17-8-7-9-19(12-17)34-5)22(30)15-29(35(6,32)33)21-13-18(25)10-11-20(21)26/h7-13,16H,14-15H2,1-6H3,(H,27,31)/t16-/m1/s1. The molecule has 0 aromatic heterocycles. The third-order valence-corrected chi connectivity index (χ3v) is 6.69. The maximum absolute atomic E-state index is 13.6. The maximum atomic E-state index is 13.6. The number of rotatable bonds is 9. The summed E-state index contributed by atoms with van der Waals surface area (Å²) in [5.41, 5.74) is 0.256. The normalized spacial score (nSPS) is 12.6. The van der Waals surface area contributed by atoms with Crippen LogP contribution in [0.5, 0.6) is 5.75 Å². The number of carbonyl (C=O) groups excluding carboxylic acids is 2. The number of sulfonamides is 1. The molecule has 2 rings (SSSR count). The Morgan fingerprint density at radius 3 is 2.34 bits per heavy atom. The Kier molecular flexibility index (Phi) is 9.44. The molecule has 0 spiro atoms. The molecule has 11 heteroatoms. The molecule has 0 heterocycles. The number of amides is 2. The van der Waals surface area contributed by atoms with E-state index in [9.17, 15) is 18.0 Å². The third kappa shape index (κ3) is 8.30. The van der Waals surface area contributed by atoms with E-state index in [0.29, 0.717) is 11.3 Å². The molecule has 35 heavy (non-hydrogen) atoms. The minimum atomic E-state index is -3.92. The van der Waals surface area contributed by atoms with Gasteiger partial charge in [0, 0.05) is 17.1 Å². The topological polar surface area (TPSA) is 96.0 Å². The second-order valence-corrected chi connectivity index (χ2v) is 11.9. The number of hydrogen-bond acceptors (Lipinski definition) is 5. The summed E-state index contributed by atoms with van der Waals surface area (Å²) < 4.78 is 31.4. The first-order valence-electron chi connectivity index (χ1n) is 10.8. The van der Waals surface area contributed by atoms with Gasteiger partial charge < -0.3 is 15.0 Å². The number of hydrogen-bond donors (Lipinski definition) is 1. The van der Waals surface area contributed by atoms with Crippen molar-refractivity contribution in [1.29, 1.82) is 0 Å². The number of nitrogens with zero attached hydrogens (tertiary/aromatic N) is 2. The van der Waals surface area contributed by atoms with Gasteiger partial charge in [0.2, 0.25) is 21.8 Å². The summed E-state index contributed by atoms with van der Waals surface area (Å²) in [5.74, 6) is -0.378. The quantitative estimate of drug-likeness (QED) is 0.513. The molecule has 0 fully saturated rings. The second kappa shape index (κ2) is 11.5. The molecule has 0 unspecified atom stereocenters. The van der Waals surface area contributed by atoms with Crippen LogP contribution in [0.4, 0.5) is 5.69 Å². The molecule has 0 saturated carbocycles. The van der Waals surface area contributed by atoms with Crippen molar-refractivity contribution in [2.45, 2.75) is 45.8 Å². The zero-order valence-electron chi connectivity index (χ0n) is 20.6. The largest absolute Gasteiger partial charge is 0.497 e. The van der Waals surface area contributed by atoms with Gasteiger partial charge in [-0.2, -0.15) is 0 Å². The zero-order valence-corrected chi connectivity index (χ0v) is 23.0. The lowest BCUT2D eigenvalue weighted by atomic mass is 10.1. The van der Waals surface area contributed by atoms with Crippen LogP contribution in [0.2, 0.25) is 10.0 Å². The highest BCUT2D eigenvalue weighted by Crippen LogP contribution is 2.31. The number of ether oxygens (including phenoxy) is 1. The van der Waals surface area contributed by atoms with Gasteiger partial charge in [0.15, 0.2) is 0 Å². The van der Waals surface area contributed by atoms with Crippen LogP contribution in [0.3, 0.4) is 0 Å². The minimum absolute atomic E-state index is 0.0512. The van der Waals surface area contributed by atoms with E-state index in [1.54, 1.807) is 31.2 Å². The highest BCUT2D eigenvalue weighted by atomic mass is 35.5. The predicted octanol–water partition coefficient (Wildman–Crippen LogP) is 4.10. The lowest BCUT2D eigenvalue weighted by Gasteiger charge is -2.33. The summed E-state index contributed by atoms with van der Waals surface area (Å²) in [7, 11) is -2.39. The lowest BCUT2D eigenvalue weighted by molar-refractivity contribution is -0.140. The van der Waals surface area contributed by atoms with E-state index in [2.05, 4.69) is 5.32 Å². The number of nitrogens with one attached hydrogen (secondary N) is 1. The van der Waals surface area contributed by atoms with E-state index < -0.39 is 34.1 Å². The molecule has 192 valence electrons. The van der Waals surface area contributed by atoms with Crippen LogP contribution in [-0.2, 0) is 26.2 Å². The Morgan fingerprint density at radius 2 is 1.77 bits per heavy atom. The summed E-state index contributed by atoms with van der Waals surface area (Å²) in [5, 5.41) is 3.24. The Labute approximate surface area is 217 Å². The molecule has 0 aliphatic heterocycles. The van der Waals surface area contributed by atoms with Crippen LogP contribution < -0.4 is 14.4 Å². The number of methoxy groups -OCH3 is 1. The molecule has 2 aromatic rings. The van der Waals surface area contributed by atoms with Crippen molar-refractivity contribution in [2.24, 2.45) is 0 Å². The summed E-state index contributed by atoms with van der Waals surface area (Å²) in [6.45, 7) is 6.57. The van der Waals surface area contributed by atoms with Crippen molar-refractivity contribution in [2.75, 3.05) is 24.2 Å². The predicted molar refractivity (Wildman–Crippen MR) is 140 cm³/mol. The summed E-state index contributed by atoms with van der Waals surface area (Å²) in [4.78, 5) is 27.9. The number of carbonyl (C=O) groups is 2. The van der Waals surface area contributed by atoms with Crippen LogP contribution >= 0.6 is 23.2 Å². The molecular weight excluding hydrogens is 513 g/mol. The van der Waals surface area contributed by atoms with E-state index in [-0.39, 0.29) is 28.2 Å². The smallest absolute Gasteiger partial charge is 0.244 e. The van der Waals surface area contributed by atoms with Crippen LogP contribution in [0.1, 0.15) is 33.3 Å². The van der Waals surface area contributed by atoms with Gasteiger partial charge in [0.05, 0.1) is 24.1 Å². The van der Waals surface area contributed by atoms with E-state index >= 15 is 0 Å². The van der Waals surface area contributed by atoms with Crippen LogP contribution in [-0.4, -0.2) is 56.6 Å². The first-order valence-corrected chi connectivity index (χ1v) is 13.4. The Bertz CT molecular complexity index is 1180. The minimum Gasteiger partial charge on any atom is -0.497 e. The van der Waals surface area contributed by atoms with Crippen molar-refractivity contribution < 1.29 is 22.7 Å². The first-order chi connectivity index (χ1) is 16.1. The molecule has 2 aromatic carbocycles. The van der Waals surface area contributed by atoms with Crippen LogP contribution in [0.25, 0.3) is 0 Å². The number of anilines is 1. The maximum Gasteiger partial charge on any atom is 0.244 e. The average Bonchev–Trinajstić information content (AvgIpc) is 2.75. The fraction of sp³-hybridized carbons (Fsp3) is 0.417. The summed E-state index contributed by atoms with van der Waals surface area (Å²) in [6.07, 6.45) is 0.972. The third-order valence-electron chi connectivity index (χ3n) is 5.01. The summed E-state index contributed by atoms with van der Waals surface area (Å²) >= 11 is 12.3. The molecule has 0 saturated heterocycles. The molecule has 0 aliphatic rings. The molecule has 0 aliphatic carbocycles. The van der Waals surface area contributed by atoms with Gasteiger partial charge in [-0.05, 0) is 63.6 Å². The zero-order chi connectivity index (χ0) is 26.6. The van der Waals surface area contributed by atoms with E-state index in [4.69, 9.17) is 27.9 Å². The lowest BCUT2D eigenvalue weighted by Crippen LogP contribution is -2.54. The Hall–Kier alpha value is -2.49. The molecule has 0 radical (unpaired) electrons. The van der Waals surface area contributed by atoms with E-state index in [0.717, 1.165) is 10.6 Å². The van der Waals surface area contributed by atoms with Crippen LogP contribution in [0.15, 0.2) is 42.5 Å². The van der Waals surface area contributed by atoms with Gasteiger partial charge in [-0.15, -0.1) is 0 Å². The Morgan fingerprint density at radius 1 is 1.11 bits per heavy atom. The van der Waals surface area contributed by atoms with Crippen molar-refractivity contribution in [1.82, 2.24) is 10.2 Å². The highest BCUT2D eigenvalue weighted by molar-refractivity contribution is 7.92. The van der Waals surface area contributed by atoms with Gasteiger partial charge in [-0.3, -0.25) is 13.9 Å². The van der Waals surface area contributed by atoms with Gasteiger partial charge in [-0.25, -0.2) is 8.42 Å². The van der Waals surface area contributed by atoms with Gasteiger partial charge in [0.25, 0.3) is 0 Å². The fourth-order valence-electron chi connectivity index (χ4n) is 3.30. The Balaban J connectivity index is 2.47. The van der Waals surface area contributed by atoms with Crippen molar-refractivity contribution in [3.8, 4) is 5.75 Å². The molecule has 1 atom stereocenters. The molecule has 8 nitrogen and oxygen atoms in total. The SMILES string of the molecule is COc1cccc(CN(C(=O)CN(c2cc(Cl)ccc2Cl)S(C)(=O)=O)[C@H](C)C(=O)NC(C)(C)C)c1. The van der Waals surface area contributed by atoms with Crippen molar-refractivity contribution >= 4 is 50.7 Å². The van der Waals surface area contributed by atoms with E-state index in [1.807, 2.05) is 20.8 Å².